The van der Waals surface area contributed by atoms with Crippen LogP contribution in [0.2, 0.25) is 5.02 Å². The zero-order valence-corrected chi connectivity index (χ0v) is 21.3. The number of carbonyl (C=O) groups excluding carboxylic acids is 1. The average molecular weight is 567 g/mol. The van der Waals surface area contributed by atoms with Crippen molar-refractivity contribution in [3.63, 3.8) is 0 Å². The predicted molar refractivity (Wildman–Crippen MR) is 144 cm³/mol. The molecule has 2 N–H and O–H groups in total. The topological polar surface area (TPSA) is 57.8 Å². The van der Waals surface area contributed by atoms with E-state index in [9.17, 15) is 9.18 Å². The SMILES string of the molecule is O=C(Nc1cc(-c2nc3ccc(Br)cc3[nH]2)ccc1Cl)C(Sc1ccc(F)cc1)c1ccccc1. The number of hydrogen-bond acceptors (Lipinski definition) is 3. The van der Waals surface area contributed by atoms with Gasteiger partial charge in [0, 0.05) is 14.9 Å². The van der Waals surface area contributed by atoms with Crippen LogP contribution in [-0.2, 0) is 4.79 Å². The Bertz CT molecular complexity index is 1510. The number of nitrogens with one attached hydrogen (secondary N) is 2. The summed E-state index contributed by atoms with van der Waals surface area (Å²) in [4.78, 5) is 22.2. The smallest absolute Gasteiger partial charge is 0.242 e. The fourth-order valence-electron chi connectivity index (χ4n) is 3.64. The predicted octanol–water partition coefficient (Wildman–Crippen LogP) is 8.26. The molecule has 0 aliphatic rings. The van der Waals surface area contributed by atoms with Crippen molar-refractivity contribution in [2.45, 2.75) is 10.1 Å². The van der Waals surface area contributed by atoms with Crippen LogP contribution in [0.3, 0.4) is 0 Å². The molecule has 5 rings (SSSR count). The first-order valence-corrected chi connectivity index (χ1v) is 12.7. The molecule has 1 amide bonds. The number of thioether (sulfide) groups is 1. The number of H-pyrrole nitrogens is 1. The van der Waals surface area contributed by atoms with Crippen molar-refractivity contribution in [2.24, 2.45) is 0 Å². The lowest BCUT2D eigenvalue weighted by molar-refractivity contribution is -0.115. The van der Waals surface area contributed by atoms with E-state index in [1.807, 2.05) is 54.6 Å². The van der Waals surface area contributed by atoms with Gasteiger partial charge in [0.1, 0.15) is 16.9 Å². The highest BCUT2D eigenvalue weighted by Gasteiger charge is 2.23. The van der Waals surface area contributed by atoms with E-state index in [0.29, 0.717) is 16.5 Å². The van der Waals surface area contributed by atoms with E-state index in [4.69, 9.17) is 11.6 Å². The Hall–Kier alpha value is -3.13. The Morgan fingerprint density at radius 3 is 2.54 bits per heavy atom. The third-order valence-corrected chi connectivity index (χ3v) is 7.44. The normalized spacial score (nSPS) is 12.0. The van der Waals surface area contributed by atoms with Gasteiger partial charge in [-0.05, 0) is 66.2 Å². The number of aromatic amines is 1. The van der Waals surface area contributed by atoms with Crippen molar-refractivity contribution >= 4 is 61.9 Å². The Balaban J connectivity index is 1.44. The quantitative estimate of drug-likeness (QED) is 0.203. The zero-order valence-electron chi connectivity index (χ0n) is 18.1. The molecule has 0 radical (unpaired) electrons. The molecular formula is C27H18BrClFN3OS. The summed E-state index contributed by atoms with van der Waals surface area (Å²) in [6.07, 6.45) is 0. The maximum absolute atomic E-state index is 13.5. The van der Waals surface area contributed by atoms with Crippen LogP contribution in [0, 0.1) is 5.82 Å². The highest BCUT2D eigenvalue weighted by atomic mass is 79.9. The van der Waals surface area contributed by atoms with E-state index in [1.165, 1.54) is 23.9 Å². The largest absolute Gasteiger partial charge is 0.338 e. The summed E-state index contributed by atoms with van der Waals surface area (Å²) in [5, 5.41) is 2.83. The first-order valence-electron chi connectivity index (χ1n) is 10.7. The van der Waals surface area contributed by atoms with Crippen LogP contribution in [0.1, 0.15) is 10.8 Å². The lowest BCUT2D eigenvalue weighted by Gasteiger charge is -2.18. The summed E-state index contributed by atoms with van der Waals surface area (Å²) >= 11 is 11.3. The molecule has 4 aromatic carbocycles. The molecule has 0 saturated heterocycles. The Morgan fingerprint density at radius 2 is 1.77 bits per heavy atom. The maximum atomic E-state index is 13.5. The van der Waals surface area contributed by atoms with Crippen molar-refractivity contribution in [1.29, 1.82) is 0 Å². The van der Waals surface area contributed by atoms with Gasteiger partial charge in [0.05, 0.1) is 21.7 Å². The number of fused-ring (bicyclic) bond motifs is 1. The number of carbonyl (C=O) groups is 1. The van der Waals surface area contributed by atoms with Gasteiger partial charge in [-0.25, -0.2) is 9.37 Å². The van der Waals surface area contributed by atoms with Crippen LogP contribution < -0.4 is 5.32 Å². The van der Waals surface area contributed by atoms with Crippen LogP contribution in [0.5, 0.6) is 0 Å². The molecule has 0 bridgehead atoms. The summed E-state index contributed by atoms with van der Waals surface area (Å²) in [6, 6.07) is 26.8. The van der Waals surface area contributed by atoms with E-state index < -0.39 is 5.25 Å². The molecular weight excluding hydrogens is 549 g/mol. The van der Waals surface area contributed by atoms with Crippen LogP contribution in [0.25, 0.3) is 22.4 Å². The summed E-state index contributed by atoms with van der Waals surface area (Å²) in [5.74, 6) is 0.111. The van der Waals surface area contributed by atoms with Gasteiger partial charge >= 0.3 is 0 Å². The van der Waals surface area contributed by atoms with Gasteiger partial charge in [-0.3, -0.25) is 4.79 Å². The number of hydrogen-bond donors (Lipinski definition) is 2. The molecule has 4 nitrogen and oxygen atoms in total. The Kier molecular flexibility index (Phi) is 6.90. The number of imidazole rings is 1. The zero-order chi connectivity index (χ0) is 24.4. The summed E-state index contributed by atoms with van der Waals surface area (Å²) in [6.45, 7) is 0. The van der Waals surface area contributed by atoms with Crippen molar-refractivity contribution in [3.8, 4) is 11.4 Å². The second kappa shape index (κ2) is 10.2. The minimum atomic E-state index is -0.565. The fraction of sp³-hybridized carbons (Fsp3) is 0.0370. The average Bonchev–Trinajstić information content (AvgIpc) is 3.28. The second-order valence-corrected chi connectivity index (χ2v) is 10.3. The van der Waals surface area contributed by atoms with Gasteiger partial charge in [-0.2, -0.15) is 0 Å². The number of anilines is 1. The maximum Gasteiger partial charge on any atom is 0.242 e. The molecule has 1 aromatic heterocycles. The fourth-order valence-corrected chi connectivity index (χ4v) is 5.19. The van der Waals surface area contributed by atoms with Crippen LogP contribution in [0.4, 0.5) is 10.1 Å². The number of nitrogens with zero attached hydrogens (tertiary/aromatic N) is 1. The van der Waals surface area contributed by atoms with Crippen molar-refractivity contribution in [2.75, 3.05) is 5.32 Å². The van der Waals surface area contributed by atoms with Crippen LogP contribution in [0.15, 0.2) is 100 Å². The van der Waals surface area contributed by atoms with Crippen molar-refractivity contribution in [1.82, 2.24) is 9.97 Å². The highest BCUT2D eigenvalue weighted by molar-refractivity contribution is 9.10. The number of halogens is 3. The molecule has 0 aliphatic carbocycles. The molecule has 35 heavy (non-hydrogen) atoms. The number of amides is 1. The Labute approximate surface area is 219 Å². The molecule has 0 spiro atoms. The van der Waals surface area contributed by atoms with Gasteiger partial charge in [-0.15, -0.1) is 11.8 Å². The minimum absolute atomic E-state index is 0.238. The van der Waals surface area contributed by atoms with E-state index >= 15 is 0 Å². The van der Waals surface area contributed by atoms with Crippen LogP contribution >= 0.6 is 39.3 Å². The van der Waals surface area contributed by atoms with E-state index in [-0.39, 0.29) is 11.7 Å². The molecule has 0 aliphatic heterocycles. The summed E-state index contributed by atoms with van der Waals surface area (Å²) in [7, 11) is 0. The third kappa shape index (κ3) is 5.42. The number of benzene rings is 4. The van der Waals surface area contributed by atoms with E-state index in [2.05, 4.69) is 31.2 Å². The molecule has 1 unspecified atom stereocenters. The number of aromatic nitrogens is 2. The van der Waals surface area contributed by atoms with E-state index in [1.54, 1.807) is 24.3 Å². The van der Waals surface area contributed by atoms with Gasteiger partial charge < -0.3 is 10.3 Å². The molecule has 1 heterocycles. The number of rotatable bonds is 6. The minimum Gasteiger partial charge on any atom is -0.338 e. The van der Waals surface area contributed by atoms with Gasteiger partial charge in [-0.1, -0.05) is 57.9 Å². The molecule has 5 aromatic rings. The first-order chi connectivity index (χ1) is 17.0. The molecule has 8 heteroatoms. The first kappa shape index (κ1) is 23.6. The monoisotopic (exact) mass is 565 g/mol. The second-order valence-electron chi connectivity index (χ2n) is 7.79. The third-order valence-electron chi connectivity index (χ3n) is 5.35. The molecule has 1 atom stereocenters. The van der Waals surface area contributed by atoms with Gasteiger partial charge in [0.15, 0.2) is 0 Å². The molecule has 0 fully saturated rings. The Morgan fingerprint density at radius 1 is 1.00 bits per heavy atom. The van der Waals surface area contributed by atoms with Crippen molar-refractivity contribution < 1.29 is 9.18 Å². The standard InChI is InChI=1S/C27H18BrClFN3OS/c28-18-7-13-22-24(15-18)32-26(31-22)17-6-12-21(29)23(14-17)33-27(34)25(16-4-2-1-3-5-16)35-20-10-8-19(30)9-11-20/h1-15,25H,(H,31,32)(H,33,34). The van der Waals surface area contributed by atoms with Crippen molar-refractivity contribution in [3.05, 3.63) is 112 Å². The highest BCUT2D eigenvalue weighted by Crippen LogP contribution is 2.37. The molecule has 0 saturated carbocycles. The summed E-state index contributed by atoms with van der Waals surface area (Å²) in [5.41, 5.74) is 3.84. The molecule has 174 valence electrons. The lowest BCUT2D eigenvalue weighted by atomic mass is 10.1. The van der Waals surface area contributed by atoms with Gasteiger partial charge in [0.25, 0.3) is 0 Å². The van der Waals surface area contributed by atoms with E-state index in [0.717, 1.165) is 31.5 Å². The summed E-state index contributed by atoms with van der Waals surface area (Å²) < 4.78 is 14.3. The van der Waals surface area contributed by atoms with Gasteiger partial charge in [0.2, 0.25) is 5.91 Å². The van der Waals surface area contributed by atoms with Crippen LogP contribution in [-0.4, -0.2) is 15.9 Å². The lowest BCUT2D eigenvalue weighted by Crippen LogP contribution is -2.19.